The first kappa shape index (κ1) is 28.0. The smallest absolute Gasteiger partial charge is 0.255 e. The van der Waals surface area contributed by atoms with Crippen LogP contribution in [0.5, 0.6) is 0 Å². The molecule has 42 heavy (non-hydrogen) atoms. The molecule has 5 aromatic rings. The van der Waals surface area contributed by atoms with Gasteiger partial charge in [0.1, 0.15) is 0 Å². The molecule has 2 aromatic heterocycles. The van der Waals surface area contributed by atoms with Gasteiger partial charge in [-0.2, -0.15) is 5.10 Å². The molecule has 11 heteroatoms. The molecule has 1 amide bonds. The monoisotopic (exact) mass is 599 g/mol. The predicted molar refractivity (Wildman–Crippen MR) is 164 cm³/mol. The molecule has 1 fully saturated rings. The number of thioether (sulfide) groups is 1. The molecule has 0 spiro atoms. The van der Waals surface area contributed by atoms with Gasteiger partial charge in [-0.15, -0.1) is 0 Å². The van der Waals surface area contributed by atoms with Crippen molar-refractivity contribution < 1.29 is 17.6 Å². The van der Waals surface area contributed by atoms with E-state index in [1.807, 2.05) is 72.8 Å². The van der Waals surface area contributed by atoms with Crippen molar-refractivity contribution in [3.8, 4) is 23.0 Å². The average Bonchev–Trinajstić information content (AvgIpc) is 3.69. The number of sulfone groups is 1. The zero-order valence-corrected chi connectivity index (χ0v) is 24.3. The van der Waals surface area contributed by atoms with Gasteiger partial charge >= 0.3 is 0 Å². The number of rotatable bonds is 9. The van der Waals surface area contributed by atoms with Crippen molar-refractivity contribution >= 4 is 33.2 Å². The maximum Gasteiger partial charge on any atom is 0.255 e. The molecule has 1 aliphatic rings. The Labute approximate surface area is 248 Å². The van der Waals surface area contributed by atoms with Crippen LogP contribution in [0, 0.1) is 0 Å². The van der Waals surface area contributed by atoms with Crippen LogP contribution in [0.4, 0.5) is 5.69 Å². The van der Waals surface area contributed by atoms with E-state index in [-0.39, 0.29) is 17.4 Å². The number of hydrogen-bond acceptors (Lipinski definition) is 8. The number of hydrogen-bond donors (Lipinski definition) is 2. The molecule has 3 aromatic carbocycles. The van der Waals surface area contributed by atoms with Gasteiger partial charge in [-0.3, -0.25) is 14.8 Å². The third-order valence-electron chi connectivity index (χ3n) is 6.96. The minimum absolute atomic E-state index is 0.177. The fourth-order valence-corrected chi connectivity index (χ4v) is 6.73. The third-order valence-corrected chi connectivity index (χ3v) is 9.55. The molecular weight excluding hydrogens is 571 g/mol. The maximum absolute atomic E-state index is 12.9. The zero-order valence-electron chi connectivity index (χ0n) is 22.7. The summed E-state index contributed by atoms with van der Waals surface area (Å²) in [6.07, 6.45) is 0. The number of carbonyl (C=O) groups is 1. The molecule has 3 heterocycles. The van der Waals surface area contributed by atoms with E-state index in [2.05, 4.69) is 37.5 Å². The number of nitrogens with one attached hydrogen (secondary N) is 2. The molecule has 0 saturated carbocycles. The molecule has 0 atom stereocenters. The van der Waals surface area contributed by atoms with Crippen LogP contribution < -0.4 is 5.32 Å². The lowest BCUT2D eigenvalue weighted by Gasteiger charge is -2.26. The lowest BCUT2D eigenvalue weighted by molar-refractivity contribution is 0.102. The quantitative estimate of drug-likeness (QED) is 0.213. The molecule has 1 aliphatic heterocycles. The molecular formula is C31H29N5O4S2. The van der Waals surface area contributed by atoms with Crippen molar-refractivity contribution in [2.75, 3.05) is 29.9 Å². The van der Waals surface area contributed by atoms with Crippen LogP contribution in [0.25, 0.3) is 23.0 Å². The average molecular weight is 600 g/mol. The second-order valence-electron chi connectivity index (χ2n) is 10.1. The van der Waals surface area contributed by atoms with Gasteiger partial charge in [0.2, 0.25) is 0 Å². The molecule has 0 unspecified atom stereocenters. The summed E-state index contributed by atoms with van der Waals surface area (Å²) in [6.45, 7) is 1.62. The van der Waals surface area contributed by atoms with Gasteiger partial charge < -0.3 is 9.73 Å². The normalized spacial score (nSPS) is 15.0. The van der Waals surface area contributed by atoms with Crippen LogP contribution in [0.2, 0.25) is 0 Å². The highest BCUT2D eigenvalue weighted by atomic mass is 32.2. The summed E-state index contributed by atoms with van der Waals surface area (Å²) in [6, 6.07) is 28.8. The van der Waals surface area contributed by atoms with Crippen molar-refractivity contribution in [2.24, 2.45) is 0 Å². The minimum Gasteiger partial charge on any atom is -0.447 e. The maximum atomic E-state index is 12.9. The van der Waals surface area contributed by atoms with Gasteiger partial charge in [-0.1, -0.05) is 54.2 Å². The van der Waals surface area contributed by atoms with E-state index in [1.165, 1.54) is 5.56 Å². The Balaban J connectivity index is 1.05. The highest BCUT2D eigenvalue weighted by molar-refractivity contribution is 7.98. The van der Waals surface area contributed by atoms with Gasteiger partial charge in [-0.25, -0.2) is 13.4 Å². The zero-order chi connectivity index (χ0) is 28.9. The summed E-state index contributed by atoms with van der Waals surface area (Å²) in [7, 11) is -2.93. The second kappa shape index (κ2) is 12.4. The molecule has 2 N–H and O–H groups in total. The lowest BCUT2D eigenvalue weighted by atomic mass is 10.1. The van der Waals surface area contributed by atoms with Crippen LogP contribution in [0.15, 0.2) is 101 Å². The number of benzene rings is 3. The molecule has 9 nitrogen and oxygen atoms in total. The summed E-state index contributed by atoms with van der Waals surface area (Å²) in [5.41, 5.74) is 4.18. The third kappa shape index (κ3) is 6.99. The lowest BCUT2D eigenvalue weighted by Crippen LogP contribution is -2.39. The predicted octanol–water partition coefficient (Wildman–Crippen LogP) is 5.51. The number of aromatic amines is 1. The van der Waals surface area contributed by atoms with E-state index in [4.69, 9.17) is 4.42 Å². The van der Waals surface area contributed by atoms with E-state index in [0.717, 1.165) is 22.0 Å². The Morgan fingerprint density at radius 2 is 1.69 bits per heavy atom. The van der Waals surface area contributed by atoms with Crippen LogP contribution in [0.3, 0.4) is 0 Å². The molecule has 0 bridgehead atoms. The largest absolute Gasteiger partial charge is 0.447 e. The summed E-state index contributed by atoms with van der Waals surface area (Å²) >= 11 is 1.62. The Morgan fingerprint density at radius 3 is 2.48 bits per heavy atom. The number of anilines is 1. The Kier molecular flexibility index (Phi) is 8.22. The van der Waals surface area contributed by atoms with Crippen molar-refractivity contribution in [3.05, 3.63) is 108 Å². The first-order valence-corrected chi connectivity index (χ1v) is 16.3. The number of H-pyrrole nitrogens is 1. The van der Waals surface area contributed by atoms with Gasteiger partial charge in [-0.05, 0) is 59.7 Å². The van der Waals surface area contributed by atoms with Gasteiger partial charge in [0.05, 0.1) is 11.5 Å². The van der Waals surface area contributed by atoms with E-state index < -0.39 is 9.84 Å². The van der Waals surface area contributed by atoms with Gasteiger partial charge in [0.25, 0.3) is 5.91 Å². The van der Waals surface area contributed by atoms with Crippen molar-refractivity contribution in [1.29, 1.82) is 0 Å². The number of amides is 1. The van der Waals surface area contributed by atoms with Crippen LogP contribution in [-0.2, 0) is 22.1 Å². The summed E-state index contributed by atoms with van der Waals surface area (Å²) in [5.74, 6) is 2.63. The first-order valence-electron chi connectivity index (χ1n) is 13.5. The van der Waals surface area contributed by atoms with Crippen LogP contribution >= 0.6 is 11.8 Å². The molecule has 0 aliphatic carbocycles. The van der Waals surface area contributed by atoms with Gasteiger partial charge in [0.15, 0.2) is 32.3 Å². The van der Waals surface area contributed by atoms with Crippen LogP contribution in [-0.4, -0.2) is 59.0 Å². The molecule has 0 radical (unpaired) electrons. The van der Waals surface area contributed by atoms with E-state index in [0.29, 0.717) is 48.3 Å². The second-order valence-corrected chi connectivity index (χ2v) is 13.3. The highest BCUT2D eigenvalue weighted by Gasteiger charge is 2.21. The topological polar surface area (TPSA) is 121 Å². The summed E-state index contributed by atoms with van der Waals surface area (Å²) in [4.78, 5) is 19.6. The van der Waals surface area contributed by atoms with Crippen molar-refractivity contribution in [1.82, 2.24) is 20.1 Å². The first-order chi connectivity index (χ1) is 20.4. The number of carbonyl (C=O) groups excluding carboxylic acids is 1. The minimum atomic E-state index is -2.93. The molecule has 1 saturated heterocycles. The van der Waals surface area contributed by atoms with Gasteiger partial charge in [0, 0.05) is 42.2 Å². The van der Waals surface area contributed by atoms with E-state index >= 15 is 0 Å². The van der Waals surface area contributed by atoms with E-state index in [1.54, 1.807) is 17.8 Å². The Bertz CT molecular complexity index is 1770. The Morgan fingerprint density at radius 1 is 0.929 bits per heavy atom. The molecule has 214 valence electrons. The Hall–Kier alpha value is -4.19. The SMILES string of the molecule is O=C(Nc1ccc(-c2n[nH]c(-c3ccc(SCc4ccccc4)o3)n2)cc1)c1cccc(CN2CCS(=O)(=O)CC2)c1. The fraction of sp³-hybridized carbons (Fsp3) is 0.194. The fourth-order valence-electron chi connectivity index (χ4n) is 4.64. The highest BCUT2D eigenvalue weighted by Crippen LogP contribution is 2.29. The number of aromatic nitrogens is 3. The number of furan rings is 1. The summed E-state index contributed by atoms with van der Waals surface area (Å²) < 4.78 is 29.3. The number of nitrogens with zero attached hydrogens (tertiary/aromatic N) is 3. The summed E-state index contributed by atoms with van der Waals surface area (Å²) in [5, 5.41) is 11.0. The van der Waals surface area contributed by atoms with Crippen molar-refractivity contribution in [2.45, 2.75) is 17.4 Å². The molecule has 6 rings (SSSR count). The van der Waals surface area contributed by atoms with Crippen molar-refractivity contribution in [3.63, 3.8) is 0 Å². The van der Waals surface area contributed by atoms with Crippen LogP contribution in [0.1, 0.15) is 21.5 Å². The standard InChI is InChI=1S/C31H29N5O4S2/c37-31(25-8-4-7-23(19-25)20-36-15-17-42(38,39)18-16-36)32-26-11-9-24(10-12-26)29-33-30(35-34-29)27-13-14-28(40-27)41-21-22-5-2-1-3-6-22/h1-14,19H,15-18,20-21H2,(H,32,37)(H,33,34,35). The van der Waals surface area contributed by atoms with E-state index in [9.17, 15) is 13.2 Å².